The molecule has 0 aliphatic rings. The van der Waals surface area contributed by atoms with E-state index in [1.165, 1.54) is 12.3 Å². The number of amides is 1. The van der Waals surface area contributed by atoms with Gasteiger partial charge in [-0.15, -0.1) is 0 Å². The van der Waals surface area contributed by atoms with Crippen LogP contribution in [-0.2, 0) is 0 Å². The van der Waals surface area contributed by atoms with Gasteiger partial charge >= 0.3 is 5.97 Å². The van der Waals surface area contributed by atoms with Crippen LogP contribution in [0.1, 0.15) is 39.6 Å². The molecule has 3 aromatic carbocycles. The number of nitrogens with one attached hydrogen (secondary N) is 1. The number of hydrazone groups is 1. The molecule has 32 heavy (non-hydrogen) atoms. The quantitative estimate of drug-likeness (QED) is 0.176. The van der Waals surface area contributed by atoms with Gasteiger partial charge in [-0.25, -0.2) is 10.2 Å². The van der Waals surface area contributed by atoms with Gasteiger partial charge < -0.3 is 9.47 Å². The van der Waals surface area contributed by atoms with Gasteiger partial charge in [-0.1, -0.05) is 40.5 Å². The zero-order valence-electron chi connectivity index (χ0n) is 17.2. The number of hydrogen-bond donors (Lipinski definition) is 1. The third kappa shape index (κ3) is 6.67. The molecule has 0 atom stereocenters. The number of nitrogens with zero attached hydrogens (tertiary/aromatic N) is 1. The van der Waals surface area contributed by atoms with Gasteiger partial charge in [0.1, 0.15) is 11.5 Å². The Morgan fingerprint density at radius 2 is 1.84 bits per heavy atom. The Bertz CT molecular complexity index is 1130. The first-order chi connectivity index (χ1) is 15.5. The molecule has 0 aliphatic heterocycles. The average Bonchev–Trinajstić information content (AvgIpc) is 2.79. The Balaban J connectivity index is 1.69. The van der Waals surface area contributed by atoms with Crippen LogP contribution in [0.4, 0.5) is 0 Å². The SMILES string of the molecule is CCCOc1ccc(C(=O)Oc2ccc(Br)cc2C=NNC(=O)c2cccc(Cl)c2)cc1. The van der Waals surface area contributed by atoms with E-state index in [1.54, 1.807) is 60.7 Å². The van der Waals surface area contributed by atoms with Crippen molar-refractivity contribution in [3.8, 4) is 11.5 Å². The van der Waals surface area contributed by atoms with Crippen LogP contribution < -0.4 is 14.9 Å². The Morgan fingerprint density at radius 1 is 1.06 bits per heavy atom. The van der Waals surface area contributed by atoms with Crippen LogP contribution in [0, 0.1) is 0 Å². The van der Waals surface area contributed by atoms with E-state index in [0.717, 1.165) is 10.9 Å². The van der Waals surface area contributed by atoms with E-state index in [9.17, 15) is 9.59 Å². The maximum Gasteiger partial charge on any atom is 0.343 e. The highest BCUT2D eigenvalue weighted by Crippen LogP contribution is 2.23. The number of carbonyl (C=O) groups excluding carboxylic acids is 2. The summed E-state index contributed by atoms with van der Waals surface area (Å²) in [6.07, 6.45) is 2.30. The van der Waals surface area contributed by atoms with E-state index in [0.29, 0.717) is 39.8 Å². The largest absolute Gasteiger partial charge is 0.494 e. The monoisotopic (exact) mass is 514 g/mol. The maximum absolute atomic E-state index is 12.6. The summed E-state index contributed by atoms with van der Waals surface area (Å²) in [5.74, 6) is 0.0511. The smallest absolute Gasteiger partial charge is 0.343 e. The molecule has 0 aliphatic carbocycles. The predicted octanol–water partition coefficient (Wildman–Crippen LogP) is 5.87. The Labute approximate surface area is 199 Å². The number of benzene rings is 3. The number of hydrogen-bond acceptors (Lipinski definition) is 5. The zero-order valence-corrected chi connectivity index (χ0v) is 19.5. The minimum atomic E-state index is -0.521. The van der Waals surface area contributed by atoms with Crippen molar-refractivity contribution in [1.29, 1.82) is 0 Å². The summed E-state index contributed by atoms with van der Waals surface area (Å²) < 4.78 is 11.8. The van der Waals surface area contributed by atoms with Gasteiger partial charge in [-0.3, -0.25) is 4.79 Å². The first-order valence-corrected chi connectivity index (χ1v) is 11.0. The van der Waals surface area contributed by atoms with Crippen LogP contribution in [-0.4, -0.2) is 24.7 Å². The highest BCUT2D eigenvalue weighted by Gasteiger charge is 2.12. The van der Waals surface area contributed by atoms with Gasteiger partial charge in [-0.2, -0.15) is 5.10 Å². The summed E-state index contributed by atoms with van der Waals surface area (Å²) in [6, 6.07) is 18.4. The summed E-state index contributed by atoms with van der Waals surface area (Å²) in [5, 5.41) is 4.42. The van der Waals surface area contributed by atoms with Gasteiger partial charge in [0.05, 0.1) is 18.4 Å². The second-order valence-corrected chi connectivity index (χ2v) is 8.01. The zero-order chi connectivity index (χ0) is 22.9. The summed E-state index contributed by atoms with van der Waals surface area (Å²) in [4.78, 5) is 24.8. The van der Waals surface area contributed by atoms with Crippen LogP contribution in [0.2, 0.25) is 5.02 Å². The maximum atomic E-state index is 12.6. The summed E-state index contributed by atoms with van der Waals surface area (Å²) in [6.45, 7) is 2.63. The molecular formula is C24H20BrClN2O4. The van der Waals surface area contributed by atoms with Crippen LogP contribution in [0.5, 0.6) is 11.5 Å². The van der Waals surface area contributed by atoms with E-state index in [-0.39, 0.29) is 0 Å². The van der Waals surface area contributed by atoms with Crippen molar-refractivity contribution in [2.24, 2.45) is 5.10 Å². The lowest BCUT2D eigenvalue weighted by atomic mass is 10.2. The first kappa shape index (κ1) is 23.5. The lowest BCUT2D eigenvalue weighted by molar-refractivity contribution is 0.0734. The van der Waals surface area contributed by atoms with E-state index < -0.39 is 11.9 Å². The van der Waals surface area contributed by atoms with E-state index >= 15 is 0 Å². The van der Waals surface area contributed by atoms with Gasteiger partial charge in [0.25, 0.3) is 5.91 Å². The van der Waals surface area contributed by atoms with Crippen molar-refractivity contribution >= 4 is 45.6 Å². The molecule has 0 saturated heterocycles. The van der Waals surface area contributed by atoms with Crippen molar-refractivity contribution < 1.29 is 19.1 Å². The highest BCUT2D eigenvalue weighted by molar-refractivity contribution is 9.10. The molecule has 3 aromatic rings. The molecule has 0 bridgehead atoms. The van der Waals surface area contributed by atoms with Gasteiger partial charge in [-0.05, 0) is 67.1 Å². The molecule has 0 aromatic heterocycles. The van der Waals surface area contributed by atoms with E-state index in [4.69, 9.17) is 21.1 Å². The second-order valence-electron chi connectivity index (χ2n) is 6.65. The van der Waals surface area contributed by atoms with Crippen molar-refractivity contribution in [2.45, 2.75) is 13.3 Å². The van der Waals surface area contributed by atoms with Gasteiger partial charge in [0.2, 0.25) is 0 Å². The van der Waals surface area contributed by atoms with Gasteiger partial charge in [0.15, 0.2) is 0 Å². The normalized spacial score (nSPS) is 10.7. The molecule has 1 N–H and O–H groups in total. The number of esters is 1. The Morgan fingerprint density at radius 3 is 2.56 bits per heavy atom. The number of rotatable bonds is 8. The average molecular weight is 516 g/mol. The third-order valence-corrected chi connectivity index (χ3v) is 4.92. The van der Waals surface area contributed by atoms with E-state index in [2.05, 4.69) is 26.5 Å². The van der Waals surface area contributed by atoms with Crippen molar-refractivity contribution in [3.63, 3.8) is 0 Å². The lowest BCUT2D eigenvalue weighted by Gasteiger charge is -2.09. The van der Waals surface area contributed by atoms with Crippen LogP contribution in [0.3, 0.4) is 0 Å². The molecule has 0 radical (unpaired) electrons. The van der Waals surface area contributed by atoms with Crippen LogP contribution >= 0.6 is 27.5 Å². The summed E-state index contributed by atoms with van der Waals surface area (Å²) in [5.41, 5.74) is 3.69. The Hall–Kier alpha value is -3.16. The lowest BCUT2D eigenvalue weighted by Crippen LogP contribution is -2.17. The summed E-state index contributed by atoms with van der Waals surface area (Å²) in [7, 11) is 0. The first-order valence-electron chi connectivity index (χ1n) is 9.80. The highest BCUT2D eigenvalue weighted by atomic mass is 79.9. The fourth-order valence-corrected chi connectivity index (χ4v) is 3.20. The molecule has 3 rings (SSSR count). The predicted molar refractivity (Wildman–Crippen MR) is 128 cm³/mol. The molecular weight excluding hydrogens is 496 g/mol. The minimum absolute atomic E-state index is 0.297. The molecule has 0 unspecified atom stereocenters. The molecule has 164 valence electrons. The standard InChI is InChI=1S/C24H20BrClN2O4/c1-2-12-31-21-9-6-16(7-10-21)24(30)32-22-11-8-19(25)13-18(22)15-27-28-23(29)17-4-3-5-20(26)14-17/h3-11,13-15H,2,12H2,1H3,(H,28,29). The van der Waals surface area contributed by atoms with Crippen LogP contribution in [0.15, 0.2) is 76.3 Å². The van der Waals surface area contributed by atoms with Crippen molar-refractivity contribution in [1.82, 2.24) is 5.43 Å². The number of carbonyl (C=O) groups is 2. The molecule has 0 heterocycles. The minimum Gasteiger partial charge on any atom is -0.494 e. The molecule has 8 heteroatoms. The third-order valence-electron chi connectivity index (χ3n) is 4.19. The topological polar surface area (TPSA) is 77.0 Å². The van der Waals surface area contributed by atoms with Crippen molar-refractivity contribution in [2.75, 3.05) is 6.61 Å². The Kier molecular flexibility index (Phi) is 8.41. The van der Waals surface area contributed by atoms with E-state index in [1.807, 2.05) is 6.92 Å². The number of ether oxygens (including phenoxy) is 2. The molecule has 1 amide bonds. The van der Waals surface area contributed by atoms with Gasteiger partial charge in [0, 0.05) is 20.6 Å². The molecule has 0 saturated carbocycles. The second kappa shape index (κ2) is 11.5. The molecule has 6 nitrogen and oxygen atoms in total. The fourth-order valence-electron chi connectivity index (χ4n) is 2.63. The van der Waals surface area contributed by atoms with Crippen LogP contribution in [0.25, 0.3) is 0 Å². The molecule has 0 fully saturated rings. The summed E-state index contributed by atoms with van der Waals surface area (Å²) >= 11 is 9.29. The molecule has 0 spiro atoms. The number of halogens is 2. The van der Waals surface area contributed by atoms with Crippen molar-refractivity contribution in [3.05, 3.63) is 92.9 Å². The fraction of sp³-hybridized carbons (Fsp3) is 0.125.